The standard InChI is InChI=1S/C23H40N4O6/c24-20-30-16-10-4-1-2-8-14-26-22(28)32-18-12-6-7-13-19-33-23(29)27-15-9-3-5-11-17-31-21-25/h1-19H2,(H,26,28)(H,27,29). The highest BCUT2D eigenvalue weighted by Gasteiger charge is 2.02. The van der Waals surface area contributed by atoms with E-state index in [1.165, 1.54) is 0 Å². The number of rotatable bonds is 22. The Kier molecular flexibility index (Phi) is 23.2. The molecule has 0 radical (unpaired) electrons. The summed E-state index contributed by atoms with van der Waals surface area (Å²) in [5.74, 6) is 0. The Morgan fingerprint density at radius 3 is 1.24 bits per heavy atom. The van der Waals surface area contributed by atoms with Crippen LogP contribution in [0.2, 0.25) is 0 Å². The van der Waals surface area contributed by atoms with Gasteiger partial charge in [-0.15, -0.1) is 0 Å². The van der Waals surface area contributed by atoms with Crippen LogP contribution in [0.25, 0.3) is 0 Å². The molecule has 0 spiro atoms. The van der Waals surface area contributed by atoms with Crippen LogP contribution in [0.1, 0.15) is 83.5 Å². The van der Waals surface area contributed by atoms with Crippen molar-refractivity contribution in [2.24, 2.45) is 0 Å². The molecule has 0 aromatic heterocycles. The minimum absolute atomic E-state index is 0.379. The molecule has 0 unspecified atom stereocenters. The Labute approximate surface area is 197 Å². The van der Waals surface area contributed by atoms with Crippen molar-refractivity contribution >= 4 is 12.2 Å². The highest BCUT2D eigenvalue weighted by Crippen LogP contribution is 2.03. The third-order valence-corrected chi connectivity index (χ3v) is 4.77. The first-order chi connectivity index (χ1) is 16.2. The third-order valence-electron chi connectivity index (χ3n) is 4.77. The molecule has 2 N–H and O–H groups in total. The Bertz CT molecular complexity index is 562. The van der Waals surface area contributed by atoms with Gasteiger partial charge in [-0.1, -0.05) is 25.7 Å². The van der Waals surface area contributed by atoms with Crippen molar-refractivity contribution in [2.75, 3.05) is 39.5 Å². The topological polar surface area (TPSA) is 143 Å². The molecule has 0 heterocycles. The molecular formula is C23H40N4O6. The van der Waals surface area contributed by atoms with Gasteiger partial charge in [-0.2, -0.15) is 10.5 Å². The number of nitrogens with one attached hydrogen (secondary N) is 2. The van der Waals surface area contributed by atoms with Crippen molar-refractivity contribution < 1.29 is 28.5 Å². The predicted octanol–water partition coefficient (Wildman–Crippen LogP) is 4.51. The summed E-state index contributed by atoms with van der Waals surface area (Å²) in [5.41, 5.74) is 0. The fourth-order valence-electron chi connectivity index (χ4n) is 2.94. The maximum absolute atomic E-state index is 11.6. The number of hydrogen-bond donors (Lipinski definition) is 2. The number of nitrogens with zero attached hydrogens (tertiary/aromatic N) is 2. The maximum atomic E-state index is 11.6. The lowest BCUT2D eigenvalue weighted by Gasteiger charge is -2.08. The summed E-state index contributed by atoms with van der Waals surface area (Å²) in [6, 6.07) is 0. The highest BCUT2D eigenvalue weighted by atomic mass is 16.6. The molecule has 0 aliphatic heterocycles. The smallest absolute Gasteiger partial charge is 0.407 e. The van der Waals surface area contributed by atoms with E-state index in [2.05, 4.69) is 20.1 Å². The van der Waals surface area contributed by atoms with Crippen LogP contribution >= 0.6 is 0 Å². The van der Waals surface area contributed by atoms with Crippen LogP contribution < -0.4 is 10.6 Å². The van der Waals surface area contributed by atoms with Crippen LogP contribution in [0.3, 0.4) is 0 Å². The van der Waals surface area contributed by atoms with Crippen LogP contribution in [0.15, 0.2) is 0 Å². The van der Waals surface area contributed by atoms with Crippen LogP contribution in [0.4, 0.5) is 9.59 Å². The first-order valence-corrected chi connectivity index (χ1v) is 12.0. The molecule has 10 heteroatoms. The first kappa shape index (κ1) is 30.1. The van der Waals surface area contributed by atoms with Crippen LogP contribution in [-0.4, -0.2) is 51.7 Å². The number of amides is 2. The van der Waals surface area contributed by atoms with E-state index >= 15 is 0 Å². The van der Waals surface area contributed by atoms with E-state index in [4.69, 9.17) is 20.0 Å². The minimum Gasteiger partial charge on any atom is -0.450 e. The molecule has 0 saturated carbocycles. The monoisotopic (exact) mass is 468 g/mol. The van der Waals surface area contributed by atoms with Gasteiger partial charge in [0.25, 0.3) is 12.5 Å². The molecule has 33 heavy (non-hydrogen) atoms. The van der Waals surface area contributed by atoms with Crippen LogP contribution in [0.5, 0.6) is 0 Å². The summed E-state index contributed by atoms with van der Waals surface area (Å²) in [6.07, 6.45) is 14.4. The maximum Gasteiger partial charge on any atom is 0.407 e. The minimum atomic E-state index is -0.393. The van der Waals surface area contributed by atoms with Gasteiger partial charge in [-0.05, 0) is 57.8 Å². The van der Waals surface area contributed by atoms with E-state index in [0.717, 1.165) is 83.5 Å². The average molecular weight is 469 g/mol. The van der Waals surface area contributed by atoms with Gasteiger partial charge in [-0.25, -0.2) is 9.59 Å². The van der Waals surface area contributed by atoms with Gasteiger partial charge in [0.05, 0.1) is 13.2 Å². The Balaban J connectivity index is 3.27. The summed E-state index contributed by atoms with van der Waals surface area (Å²) in [5, 5.41) is 21.9. The Hall–Kier alpha value is -2.88. The number of hydrogen-bond acceptors (Lipinski definition) is 8. The van der Waals surface area contributed by atoms with Crippen molar-refractivity contribution in [3.05, 3.63) is 0 Å². The van der Waals surface area contributed by atoms with Crippen molar-refractivity contribution in [3.63, 3.8) is 0 Å². The SMILES string of the molecule is N#COCCCCCCCNC(=O)OCCCCCCOC(=O)NCCCCCCOC#N. The summed E-state index contributed by atoms with van der Waals surface area (Å²) < 4.78 is 19.5. The van der Waals surface area contributed by atoms with E-state index in [9.17, 15) is 9.59 Å². The summed E-state index contributed by atoms with van der Waals surface area (Å²) in [6.45, 7) is 2.88. The zero-order valence-corrected chi connectivity index (χ0v) is 19.8. The van der Waals surface area contributed by atoms with Gasteiger partial charge < -0.3 is 29.6 Å². The molecule has 0 saturated heterocycles. The second-order valence-corrected chi connectivity index (χ2v) is 7.60. The van der Waals surface area contributed by atoms with Crippen molar-refractivity contribution in [1.29, 1.82) is 10.5 Å². The number of carbonyl (C=O) groups is 2. The van der Waals surface area contributed by atoms with Gasteiger partial charge in [-0.3, -0.25) is 0 Å². The molecule has 0 fully saturated rings. The Morgan fingerprint density at radius 1 is 0.515 bits per heavy atom. The molecule has 0 aromatic rings. The van der Waals surface area contributed by atoms with E-state index < -0.39 is 6.09 Å². The average Bonchev–Trinajstić information content (AvgIpc) is 2.81. The molecule has 0 rings (SSSR count). The van der Waals surface area contributed by atoms with Gasteiger partial charge in [0.1, 0.15) is 13.2 Å². The molecule has 0 aromatic carbocycles. The first-order valence-electron chi connectivity index (χ1n) is 12.0. The molecule has 0 aliphatic rings. The number of alkyl carbamates (subject to hydrolysis) is 2. The third kappa shape index (κ3) is 25.3. The quantitative estimate of drug-likeness (QED) is 0.175. The predicted molar refractivity (Wildman–Crippen MR) is 122 cm³/mol. The van der Waals surface area contributed by atoms with Gasteiger partial charge in [0, 0.05) is 13.1 Å². The molecule has 188 valence electrons. The molecule has 0 bridgehead atoms. The lowest BCUT2D eigenvalue weighted by atomic mass is 10.1. The van der Waals surface area contributed by atoms with Crippen LogP contribution in [-0.2, 0) is 18.9 Å². The van der Waals surface area contributed by atoms with Gasteiger partial charge >= 0.3 is 12.2 Å². The van der Waals surface area contributed by atoms with E-state index in [-0.39, 0.29) is 6.09 Å². The molecule has 10 nitrogen and oxygen atoms in total. The molecule has 0 atom stereocenters. The van der Waals surface area contributed by atoms with Crippen molar-refractivity contribution in [3.8, 4) is 12.5 Å². The highest BCUT2D eigenvalue weighted by molar-refractivity contribution is 5.67. The summed E-state index contributed by atoms with van der Waals surface area (Å²) in [4.78, 5) is 23.1. The lowest BCUT2D eigenvalue weighted by Crippen LogP contribution is -2.25. The number of unbranched alkanes of at least 4 members (excludes halogenated alkanes) is 10. The zero-order valence-electron chi connectivity index (χ0n) is 19.8. The van der Waals surface area contributed by atoms with Gasteiger partial charge in [0.15, 0.2) is 0 Å². The van der Waals surface area contributed by atoms with Crippen LogP contribution in [0, 0.1) is 23.0 Å². The molecule has 0 aliphatic carbocycles. The number of nitriles is 2. The number of carbonyl (C=O) groups excluding carboxylic acids is 2. The molecular weight excluding hydrogens is 428 g/mol. The zero-order chi connectivity index (χ0) is 24.2. The second-order valence-electron chi connectivity index (χ2n) is 7.60. The second kappa shape index (κ2) is 25.4. The van der Waals surface area contributed by atoms with E-state index in [1.807, 2.05) is 0 Å². The number of ether oxygens (including phenoxy) is 4. The van der Waals surface area contributed by atoms with Crippen molar-refractivity contribution in [2.45, 2.75) is 83.5 Å². The van der Waals surface area contributed by atoms with E-state index in [1.54, 1.807) is 12.5 Å². The summed E-state index contributed by atoms with van der Waals surface area (Å²) >= 11 is 0. The van der Waals surface area contributed by atoms with Gasteiger partial charge in [0.2, 0.25) is 0 Å². The summed E-state index contributed by atoms with van der Waals surface area (Å²) in [7, 11) is 0. The lowest BCUT2D eigenvalue weighted by molar-refractivity contribution is 0.138. The van der Waals surface area contributed by atoms with E-state index in [0.29, 0.717) is 39.5 Å². The van der Waals surface area contributed by atoms with Crippen molar-refractivity contribution in [1.82, 2.24) is 10.6 Å². The fraction of sp³-hybridized carbons (Fsp3) is 0.826. The molecule has 2 amide bonds. The normalized spacial score (nSPS) is 9.88. The fourth-order valence-corrected chi connectivity index (χ4v) is 2.94. The largest absolute Gasteiger partial charge is 0.450 e. The Morgan fingerprint density at radius 2 is 0.848 bits per heavy atom.